The molecule has 0 aliphatic rings. The molecule has 4 nitrogen and oxygen atoms in total. The SMILES string of the molecule is CCCCc1noc(CCc2ccccc2N)n1. The Balaban J connectivity index is 1.90. The molecule has 2 N–H and O–H groups in total. The van der Waals surface area contributed by atoms with E-state index in [-0.39, 0.29) is 0 Å². The monoisotopic (exact) mass is 245 g/mol. The number of hydrogen-bond acceptors (Lipinski definition) is 4. The summed E-state index contributed by atoms with van der Waals surface area (Å²) in [6.07, 6.45) is 4.72. The van der Waals surface area contributed by atoms with Crippen molar-refractivity contribution in [2.45, 2.75) is 39.0 Å². The minimum Gasteiger partial charge on any atom is -0.399 e. The minimum absolute atomic E-state index is 0.698. The van der Waals surface area contributed by atoms with Crippen molar-refractivity contribution >= 4 is 5.69 Å². The van der Waals surface area contributed by atoms with Crippen LogP contribution in [0.1, 0.15) is 37.0 Å². The van der Waals surface area contributed by atoms with E-state index in [1.54, 1.807) is 0 Å². The van der Waals surface area contributed by atoms with Crippen molar-refractivity contribution in [3.63, 3.8) is 0 Å². The standard InChI is InChI=1S/C14H19N3O/c1-2-3-8-13-16-14(18-17-13)10-9-11-6-4-5-7-12(11)15/h4-7H,2-3,8-10,15H2,1H3. The second-order valence-electron chi connectivity index (χ2n) is 4.41. The average molecular weight is 245 g/mol. The molecular formula is C14H19N3O. The van der Waals surface area contributed by atoms with Gasteiger partial charge in [0.25, 0.3) is 0 Å². The quantitative estimate of drug-likeness (QED) is 0.795. The van der Waals surface area contributed by atoms with E-state index in [2.05, 4.69) is 17.1 Å². The van der Waals surface area contributed by atoms with Crippen LogP contribution >= 0.6 is 0 Å². The summed E-state index contributed by atoms with van der Waals surface area (Å²) in [5.74, 6) is 1.51. The van der Waals surface area contributed by atoms with Gasteiger partial charge in [0, 0.05) is 18.5 Å². The predicted molar refractivity (Wildman–Crippen MR) is 71.2 cm³/mol. The summed E-state index contributed by atoms with van der Waals surface area (Å²) >= 11 is 0. The predicted octanol–water partition coefficient (Wildman–Crippen LogP) is 2.78. The first-order chi connectivity index (χ1) is 8.79. The first kappa shape index (κ1) is 12.6. The van der Waals surface area contributed by atoms with Gasteiger partial charge in [-0.2, -0.15) is 4.98 Å². The van der Waals surface area contributed by atoms with Crippen molar-refractivity contribution in [3.05, 3.63) is 41.5 Å². The third kappa shape index (κ3) is 3.32. The Morgan fingerprint density at radius 3 is 2.78 bits per heavy atom. The topological polar surface area (TPSA) is 64.9 Å². The molecule has 0 aliphatic carbocycles. The van der Waals surface area contributed by atoms with Crippen molar-refractivity contribution in [1.29, 1.82) is 0 Å². The Morgan fingerprint density at radius 2 is 2.00 bits per heavy atom. The van der Waals surface area contributed by atoms with E-state index in [9.17, 15) is 0 Å². The lowest BCUT2D eigenvalue weighted by molar-refractivity contribution is 0.372. The van der Waals surface area contributed by atoms with Crippen molar-refractivity contribution < 1.29 is 4.52 Å². The third-order valence-electron chi connectivity index (χ3n) is 2.93. The molecule has 1 aromatic carbocycles. The molecule has 18 heavy (non-hydrogen) atoms. The fourth-order valence-corrected chi connectivity index (χ4v) is 1.83. The third-order valence-corrected chi connectivity index (χ3v) is 2.93. The number of nitrogens with zero attached hydrogens (tertiary/aromatic N) is 2. The summed E-state index contributed by atoms with van der Waals surface area (Å²) < 4.78 is 5.22. The Kier molecular flexibility index (Phi) is 4.34. The molecule has 96 valence electrons. The largest absolute Gasteiger partial charge is 0.399 e. The molecule has 2 aromatic rings. The Hall–Kier alpha value is -1.84. The number of rotatable bonds is 6. The molecule has 1 heterocycles. The summed E-state index contributed by atoms with van der Waals surface area (Å²) in [7, 11) is 0. The van der Waals surface area contributed by atoms with Gasteiger partial charge in [0.05, 0.1) is 0 Å². The van der Waals surface area contributed by atoms with Gasteiger partial charge in [0.15, 0.2) is 5.82 Å². The Labute approximate surface area is 107 Å². The zero-order valence-electron chi connectivity index (χ0n) is 10.7. The van der Waals surface area contributed by atoms with E-state index >= 15 is 0 Å². The molecule has 0 bridgehead atoms. The number of aryl methyl sites for hydroxylation is 3. The summed E-state index contributed by atoms with van der Waals surface area (Å²) in [5.41, 5.74) is 7.84. The second-order valence-corrected chi connectivity index (χ2v) is 4.41. The van der Waals surface area contributed by atoms with Gasteiger partial charge in [-0.1, -0.05) is 36.7 Å². The van der Waals surface area contributed by atoms with E-state index < -0.39 is 0 Å². The number of nitrogens with two attached hydrogens (primary N) is 1. The molecule has 0 saturated heterocycles. The molecular weight excluding hydrogens is 226 g/mol. The van der Waals surface area contributed by atoms with E-state index in [0.29, 0.717) is 5.89 Å². The number of hydrogen-bond donors (Lipinski definition) is 1. The summed E-state index contributed by atoms with van der Waals surface area (Å²) in [6, 6.07) is 7.88. The van der Waals surface area contributed by atoms with E-state index in [1.807, 2.05) is 24.3 Å². The molecule has 2 rings (SSSR count). The highest BCUT2D eigenvalue weighted by atomic mass is 16.5. The zero-order chi connectivity index (χ0) is 12.8. The number of para-hydroxylation sites is 1. The Bertz CT molecular complexity index is 493. The van der Waals surface area contributed by atoms with Gasteiger partial charge in [-0.15, -0.1) is 0 Å². The maximum absolute atomic E-state index is 5.89. The van der Waals surface area contributed by atoms with Crippen LogP contribution in [0.15, 0.2) is 28.8 Å². The minimum atomic E-state index is 0.698. The van der Waals surface area contributed by atoms with E-state index in [0.717, 1.165) is 49.2 Å². The maximum atomic E-state index is 5.89. The second kappa shape index (κ2) is 6.19. The van der Waals surface area contributed by atoms with Crippen LogP contribution in [0, 0.1) is 0 Å². The van der Waals surface area contributed by atoms with Crippen LogP contribution in [0.25, 0.3) is 0 Å². The molecule has 4 heteroatoms. The first-order valence-corrected chi connectivity index (χ1v) is 6.44. The fraction of sp³-hybridized carbons (Fsp3) is 0.429. The van der Waals surface area contributed by atoms with Gasteiger partial charge < -0.3 is 10.3 Å². The van der Waals surface area contributed by atoms with Crippen molar-refractivity contribution in [1.82, 2.24) is 10.1 Å². The lowest BCUT2D eigenvalue weighted by Crippen LogP contribution is -1.97. The number of anilines is 1. The lowest BCUT2D eigenvalue weighted by Gasteiger charge is -2.02. The van der Waals surface area contributed by atoms with E-state index in [4.69, 9.17) is 10.3 Å². The van der Waals surface area contributed by atoms with Crippen LogP contribution in [0.3, 0.4) is 0 Å². The van der Waals surface area contributed by atoms with Crippen LogP contribution in [-0.4, -0.2) is 10.1 Å². The van der Waals surface area contributed by atoms with Crippen molar-refractivity contribution in [2.24, 2.45) is 0 Å². The molecule has 0 aliphatic heterocycles. The molecule has 0 fully saturated rings. The highest BCUT2D eigenvalue weighted by Crippen LogP contribution is 2.13. The van der Waals surface area contributed by atoms with Crippen molar-refractivity contribution in [3.8, 4) is 0 Å². The van der Waals surface area contributed by atoms with Gasteiger partial charge in [-0.25, -0.2) is 0 Å². The van der Waals surface area contributed by atoms with Gasteiger partial charge in [-0.05, 0) is 24.5 Å². The van der Waals surface area contributed by atoms with Gasteiger partial charge in [-0.3, -0.25) is 0 Å². The normalized spacial score (nSPS) is 10.7. The van der Waals surface area contributed by atoms with Crippen LogP contribution < -0.4 is 5.73 Å². The smallest absolute Gasteiger partial charge is 0.226 e. The molecule has 0 radical (unpaired) electrons. The highest BCUT2D eigenvalue weighted by Gasteiger charge is 2.07. The van der Waals surface area contributed by atoms with Crippen LogP contribution in [-0.2, 0) is 19.3 Å². The van der Waals surface area contributed by atoms with Gasteiger partial charge >= 0.3 is 0 Å². The fourth-order valence-electron chi connectivity index (χ4n) is 1.83. The van der Waals surface area contributed by atoms with E-state index in [1.165, 1.54) is 0 Å². The molecule has 0 unspecified atom stereocenters. The van der Waals surface area contributed by atoms with Crippen LogP contribution in [0.2, 0.25) is 0 Å². The number of unbranched alkanes of at least 4 members (excludes halogenated alkanes) is 1. The molecule has 0 atom stereocenters. The van der Waals surface area contributed by atoms with Gasteiger partial charge in [0.1, 0.15) is 0 Å². The van der Waals surface area contributed by atoms with Crippen LogP contribution in [0.5, 0.6) is 0 Å². The molecule has 1 aromatic heterocycles. The first-order valence-electron chi connectivity index (χ1n) is 6.44. The average Bonchev–Trinajstić information content (AvgIpc) is 2.83. The summed E-state index contributed by atoms with van der Waals surface area (Å²) in [4.78, 5) is 4.37. The molecule has 0 spiro atoms. The summed E-state index contributed by atoms with van der Waals surface area (Å²) in [5, 5.41) is 3.97. The molecule has 0 saturated carbocycles. The Morgan fingerprint density at radius 1 is 1.17 bits per heavy atom. The number of aromatic nitrogens is 2. The summed E-state index contributed by atoms with van der Waals surface area (Å²) in [6.45, 7) is 2.15. The highest BCUT2D eigenvalue weighted by molar-refractivity contribution is 5.46. The lowest BCUT2D eigenvalue weighted by atomic mass is 10.1. The maximum Gasteiger partial charge on any atom is 0.226 e. The van der Waals surface area contributed by atoms with Crippen LogP contribution in [0.4, 0.5) is 5.69 Å². The molecule has 0 amide bonds. The zero-order valence-corrected chi connectivity index (χ0v) is 10.7. The number of benzene rings is 1. The van der Waals surface area contributed by atoms with Crippen molar-refractivity contribution in [2.75, 3.05) is 5.73 Å². The van der Waals surface area contributed by atoms with Gasteiger partial charge in [0.2, 0.25) is 5.89 Å². The number of nitrogen functional groups attached to an aromatic ring is 1.